The van der Waals surface area contributed by atoms with E-state index < -0.39 is 0 Å². The second kappa shape index (κ2) is 11.1. The molecule has 1 N–H and O–H groups in total. The van der Waals surface area contributed by atoms with Gasteiger partial charge in [0.05, 0.1) is 0 Å². The summed E-state index contributed by atoms with van der Waals surface area (Å²) >= 11 is 1.89. The summed E-state index contributed by atoms with van der Waals surface area (Å²) in [5, 5.41) is 5.89. The number of amides is 1. The lowest BCUT2D eigenvalue weighted by Crippen LogP contribution is -2.56. The number of rotatable bonds is 4. The molecular formula is C22H35IN4O2S. The summed E-state index contributed by atoms with van der Waals surface area (Å²) in [4.78, 5) is 22.9. The second-order valence-corrected chi connectivity index (χ2v) is 9.48. The number of nitrogens with zero attached hydrogens (tertiary/aromatic N) is 3. The van der Waals surface area contributed by atoms with Gasteiger partial charge in [-0.05, 0) is 37.1 Å². The van der Waals surface area contributed by atoms with Crippen LogP contribution in [0.3, 0.4) is 0 Å². The highest BCUT2D eigenvalue weighted by Gasteiger charge is 2.36. The Kier molecular flexibility index (Phi) is 8.82. The van der Waals surface area contributed by atoms with Crippen LogP contribution in [0.2, 0.25) is 0 Å². The molecule has 0 spiro atoms. The van der Waals surface area contributed by atoms with Gasteiger partial charge in [0.25, 0.3) is 5.91 Å². The molecule has 8 heteroatoms. The molecule has 168 valence electrons. The zero-order chi connectivity index (χ0) is 20.1. The van der Waals surface area contributed by atoms with Crippen LogP contribution in [0.5, 0.6) is 0 Å². The van der Waals surface area contributed by atoms with Crippen LogP contribution in [0.25, 0.3) is 0 Å². The minimum Gasteiger partial charge on any atom is -0.368 e. The van der Waals surface area contributed by atoms with Gasteiger partial charge in [-0.2, -0.15) is 0 Å². The number of carbonyl (C=O) groups excluding carboxylic acids is 1. The van der Waals surface area contributed by atoms with E-state index in [2.05, 4.69) is 32.7 Å². The van der Waals surface area contributed by atoms with Crippen LogP contribution in [-0.4, -0.2) is 74.1 Å². The zero-order valence-electron chi connectivity index (χ0n) is 18.0. The number of nitrogens with one attached hydrogen (secondary N) is 1. The van der Waals surface area contributed by atoms with E-state index in [4.69, 9.17) is 4.74 Å². The van der Waals surface area contributed by atoms with Crippen LogP contribution >= 0.6 is 35.3 Å². The largest absolute Gasteiger partial charge is 0.368 e. The van der Waals surface area contributed by atoms with Gasteiger partial charge in [-0.1, -0.05) is 25.3 Å². The maximum Gasteiger partial charge on any atom is 0.251 e. The summed E-state index contributed by atoms with van der Waals surface area (Å²) in [6.45, 7) is 4.80. The summed E-state index contributed by atoms with van der Waals surface area (Å²) in [5.74, 6) is 1.14. The van der Waals surface area contributed by atoms with Gasteiger partial charge in [0, 0.05) is 56.7 Å². The smallest absolute Gasteiger partial charge is 0.251 e. The summed E-state index contributed by atoms with van der Waals surface area (Å²) in [6.07, 6.45) is 8.12. The predicted molar refractivity (Wildman–Crippen MR) is 133 cm³/mol. The number of thiophene rings is 1. The Morgan fingerprint density at radius 3 is 2.53 bits per heavy atom. The topological polar surface area (TPSA) is 57.2 Å². The third-order valence-corrected chi connectivity index (χ3v) is 7.86. The third-order valence-electron chi connectivity index (χ3n) is 6.75. The summed E-state index contributed by atoms with van der Waals surface area (Å²) in [7, 11) is 1.87. The molecule has 0 bridgehead atoms. The van der Waals surface area contributed by atoms with Crippen molar-refractivity contribution in [2.45, 2.75) is 56.5 Å². The van der Waals surface area contributed by atoms with Gasteiger partial charge in [-0.15, -0.1) is 35.3 Å². The Morgan fingerprint density at radius 2 is 1.93 bits per heavy atom. The second-order valence-electron chi connectivity index (χ2n) is 8.53. The first-order valence-electron chi connectivity index (χ1n) is 11.1. The molecule has 2 saturated heterocycles. The van der Waals surface area contributed by atoms with Gasteiger partial charge in [0.1, 0.15) is 6.10 Å². The van der Waals surface area contributed by atoms with Crippen molar-refractivity contribution in [2.24, 2.45) is 4.99 Å². The van der Waals surface area contributed by atoms with Crippen molar-refractivity contribution in [1.82, 2.24) is 15.1 Å². The molecular weight excluding hydrogens is 511 g/mol. The Bertz CT molecular complexity index is 692. The van der Waals surface area contributed by atoms with E-state index in [-0.39, 0.29) is 41.4 Å². The van der Waals surface area contributed by atoms with Gasteiger partial charge in [-0.3, -0.25) is 9.79 Å². The normalized spacial score (nSPS) is 24.4. The number of piperazine rings is 1. The molecule has 3 fully saturated rings. The van der Waals surface area contributed by atoms with E-state index in [0.717, 1.165) is 58.1 Å². The maximum absolute atomic E-state index is 12.6. The number of hydrogen-bond acceptors (Lipinski definition) is 4. The molecule has 3 aliphatic rings. The van der Waals surface area contributed by atoms with Gasteiger partial charge < -0.3 is 19.9 Å². The van der Waals surface area contributed by atoms with Crippen molar-refractivity contribution < 1.29 is 9.53 Å². The van der Waals surface area contributed by atoms with E-state index in [1.807, 2.05) is 23.3 Å². The van der Waals surface area contributed by atoms with Gasteiger partial charge in [-0.25, -0.2) is 0 Å². The summed E-state index contributed by atoms with van der Waals surface area (Å²) < 4.78 is 5.58. The minimum atomic E-state index is -0.212. The summed E-state index contributed by atoms with van der Waals surface area (Å²) in [6, 6.07) is 4.48. The highest BCUT2D eigenvalue weighted by Crippen LogP contribution is 2.41. The van der Waals surface area contributed by atoms with Crippen molar-refractivity contribution >= 4 is 47.2 Å². The van der Waals surface area contributed by atoms with Gasteiger partial charge in [0.2, 0.25) is 0 Å². The molecule has 3 heterocycles. The van der Waals surface area contributed by atoms with E-state index in [1.54, 1.807) is 0 Å². The molecule has 1 unspecified atom stereocenters. The number of aliphatic imine (C=N–C) groups is 1. The minimum absolute atomic E-state index is 0. The number of halogens is 1. The lowest BCUT2D eigenvalue weighted by molar-refractivity contribution is -0.142. The average molecular weight is 547 g/mol. The van der Waals surface area contributed by atoms with Crippen LogP contribution in [0.15, 0.2) is 22.5 Å². The molecule has 0 aromatic carbocycles. The fourth-order valence-electron chi connectivity index (χ4n) is 5.01. The Balaban J connectivity index is 0.00000256. The van der Waals surface area contributed by atoms with Crippen molar-refractivity contribution in [3.05, 3.63) is 22.4 Å². The number of carbonyl (C=O) groups is 1. The van der Waals surface area contributed by atoms with Crippen LogP contribution in [0, 0.1) is 0 Å². The molecule has 1 saturated carbocycles. The first-order valence-corrected chi connectivity index (χ1v) is 12.0. The summed E-state index contributed by atoms with van der Waals surface area (Å²) in [5.41, 5.74) is 0.236. The van der Waals surface area contributed by atoms with Crippen molar-refractivity contribution in [3.8, 4) is 0 Å². The standard InChI is InChI=1S/C22H34N4O2S.HI/c1-23-21(24-17-22(9-3-2-4-10-22)19-8-6-16-29-19)26-13-11-25(12-14-26)20(27)18-7-5-15-28-18;/h6,8,16,18H,2-5,7,9-15,17H2,1H3,(H,23,24);1H. The van der Waals surface area contributed by atoms with Crippen LogP contribution < -0.4 is 5.32 Å². The first kappa shape index (κ1) is 23.8. The Hall–Kier alpha value is -0.870. The van der Waals surface area contributed by atoms with Crippen molar-refractivity contribution in [1.29, 1.82) is 0 Å². The molecule has 4 rings (SSSR count). The first-order chi connectivity index (χ1) is 14.2. The van der Waals surface area contributed by atoms with Crippen LogP contribution in [0.4, 0.5) is 0 Å². The molecule has 1 aromatic rings. The fourth-order valence-corrected chi connectivity index (χ4v) is 6.00. The molecule has 0 radical (unpaired) electrons. The van der Waals surface area contributed by atoms with Crippen LogP contribution in [-0.2, 0) is 14.9 Å². The van der Waals surface area contributed by atoms with E-state index in [9.17, 15) is 4.79 Å². The molecule has 1 atom stereocenters. The predicted octanol–water partition coefficient (Wildman–Crippen LogP) is 3.47. The average Bonchev–Trinajstić information content (AvgIpc) is 3.49. The zero-order valence-corrected chi connectivity index (χ0v) is 21.1. The molecule has 30 heavy (non-hydrogen) atoms. The molecule has 1 aromatic heterocycles. The Labute approximate surface area is 201 Å². The monoisotopic (exact) mass is 546 g/mol. The van der Waals surface area contributed by atoms with Crippen molar-refractivity contribution in [3.63, 3.8) is 0 Å². The number of hydrogen-bond donors (Lipinski definition) is 1. The highest BCUT2D eigenvalue weighted by atomic mass is 127. The van der Waals surface area contributed by atoms with E-state index in [0.29, 0.717) is 0 Å². The maximum atomic E-state index is 12.6. The molecule has 2 aliphatic heterocycles. The SMILES string of the molecule is CN=C(NCC1(c2cccs2)CCCCC1)N1CCN(C(=O)C2CCCO2)CC1.I. The fraction of sp³-hybridized carbons (Fsp3) is 0.727. The number of ether oxygens (including phenoxy) is 1. The Morgan fingerprint density at radius 1 is 1.20 bits per heavy atom. The molecule has 6 nitrogen and oxygen atoms in total. The van der Waals surface area contributed by atoms with Gasteiger partial charge >= 0.3 is 0 Å². The van der Waals surface area contributed by atoms with E-state index in [1.165, 1.54) is 37.0 Å². The highest BCUT2D eigenvalue weighted by molar-refractivity contribution is 14.0. The molecule has 1 aliphatic carbocycles. The lowest BCUT2D eigenvalue weighted by Gasteiger charge is -2.40. The molecule has 1 amide bonds. The third kappa shape index (κ3) is 5.30. The van der Waals surface area contributed by atoms with Gasteiger partial charge in [0.15, 0.2) is 5.96 Å². The quantitative estimate of drug-likeness (QED) is 0.357. The number of guanidine groups is 1. The van der Waals surface area contributed by atoms with Crippen LogP contribution in [0.1, 0.15) is 49.8 Å². The van der Waals surface area contributed by atoms with E-state index >= 15 is 0 Å². The van der Waals surface area contributed by atoms with Crippen molar-refractivity contribution in [2.75, 3.05) is 46.4 Å². The lowest BCUT2D eigenvalue weighted by atomic mass is 9.73.